The fourth-order valence-electron chi connectivity index (χ4n) is 0.497. The number of ether oxygens (including phenoxy) is 1. The fourth-order valence-corrected chi connectivity index (χ4v) is 0.797. The van der Waals surface area contributed by atoms with E-state index in [1.54, 1.807) is 0 Å². The van der Waals surface area contributed by atoms with Gasteiger partial charge >= 0.3 is 0 Å². The molecule has 0 atom stereocenters. The standard InChI is InChI=1S/C7H12O4S/c1-3-4-5-10-6-7-11-12(2,8)9/h1-2H,3-7H2. The SMILES string of the molecule is [CH]CCCOCCOS([CH])(=O)=O. The van der Waals surface area contributed by atoms with Gasteiger partial charge in [0.05, 0.1) is 13.2 Å². The van der Waals surface area contributed by atoms with Gasteiger partial charge in [0.1, 0.15) is 6.26 Å². The third-order valence-corrected chi connectivity index (χ3v) is 1.46. The molecule has 0 saturated heterocycles. The lowest BCUT2D eigenvalue weighted by Gasteiger charge is -2.02. The summed E-state index contributed by atoms with van der Waals surface area (Å²) < 4.78 is 29.5. The molecular weight excluding hydrogens is 180 g/mol. The quantitative estimate of drug-likeness (QED) is 0.435. The van der Waals surface area contributed by atoms with Crippen molar-refractivity contribution in [1.29, 1.82) is 0 Å². The maximum absolute atomic E-state index is 10.2. The highest BCUT2D eigenvalue weighted by molar-refractivity contribution is 7.87. The van der Waals surface area contributed by atoms with Gasteiger partial charge in [-0.15, -0.1) is 0 Å². The summed E-state index contributed by atoms with van der Waals surface area (Å²) in [5.74, 6) is 0. The minimum absolute atomic E-state index is 0.0522. The summed E-state index contributed by atoms with van der Waals surface area (Å²) in [6.45, 7) is 5.84. The maximum atomic E-state index is 10.2. The normalized spacial score (nSPS) is 11.8. The molecular formula is C7H12O4S. The molecule has 5 heteroatoms. The molecule has 12 heavy (non-hydrogen) atoms. The van der Waals surface area contributed by atoms with Gasteiger partial charge in [-0.1, -0.05) is 0 Å². The summed E-state index contributed by atoms with van der Waals surface area (Å²) in [7, 11) is -3.82. The average Bonchev–Trinajstić information content (AvgIpc) is 1.94. The second-order valence-corrected chi connectivity index (χ2v) is 3.29. The van der Waals surface area contributed by atoms with Crippen molar-refractivity contribution in [1.82, 2.24) is 0 Å². The molecule has 0 aliphatic carbocycles. The van der Waals surface area contributed by atoms with E-state index in [1.165, 1.54) is 0 Å². The molecule has 0 aromatic carbocycles. The summed E-state index contributed by atoms with van der Waals surface area (Å²) in [4.78, 5) is 0. The molecule has 0 aliphatic rings. The Morgan fingerprint density at radius 2 is 1.83 bits per heavy atom. The van der Waals surface area contributed by atoms with E-state index in [2.05, 4.69) is 10.4 Å². The van der Waals surface area contributed by atoms with Crippen molar-refractivity contribution in [3.63, 3.8) is 0 Å². The molecule has 0 unspecified atom stereocenters. The van der Waals surface area contributed by atoms with Gasteiger partial charge in [-0.25, -0.2) is 0 Å². The van der Waals surface area contributed by atoms with E-state index in [0.29, 0.717) is 13.0 Å². The first kappa shape index (κ1) is 11.9. The Kier molecular flexibility index (Phi) is 6.32. The second kappa shape index (κ2) is 6.39. The number of rotatable bonds is 7. The lowest BCUT2D eigenvalue weighted by molar-refractivity contribution is 0.101. The van der Waals surface area contributed by atoms with E-state index < -0.39 is 10.1 Å². The summed E-state index contributed by atoms with van der Waals surface area (Å²) in [5.41, 5.74) is 0. The predicted octanol–water partition coefficient (Wildman–Crippen LogP) is 0.509. The molecule has 0 heterocycles. The largest absolute Gasteiger partial charge is 0.379 e. The first-order valence-electron chi connectivity index (χ1n) is 3.51. The van der Waals surface area contributed by atoms with Gasteiger partial charge in [0.15, 0.2) is 0 Å². The number of hydrogen-bond donors (Lipinski definition) is 0. The van der Waals surface area contributed by atoms with Crippen LogP contribution in [0.3, 0.4) is 0 Å². The molecule has 0 fully saturated rings. The topological polar surface area (TPSA) is 52.6 Å². The first-order chi connectivity index (χ1) is 5.56. The van der Waals surface area contributed by atoms with Crippen LogP contribution in [0, 0.1) is 13.2 Å². The highest BCUT2D eigenvalue weighted by Crippen LogP contribution is 1.90. The fraction of sp³-hybridized carbons (Fsp3) is 0.714. The van der Waals surface area contributed by atoms with Gasteiger partial charge in [0, 0.05) is 6.61 Å². The lowest BCUT2D eigenvalue weighted by atomic mass is 10.4. The van der Waals surface area contributed by atoms with E-state index in [1.807, 2.05) is 0 Å². The predicted molar refractivity (Wildman–Crippen MR) is 43.5 cm³/mol. The highest BCUT2D eigenvalue weighted by Gasteiger charge is 2.00. The molecule has 0 aromatic rings. The molecule has 4 nitrogen and oxygen atoms in total. The lowest BCUT2D eigenvalue weighted by Crippen LogP contribution is -2.08. The van der Waals surface area contributed by atoms with Gasteiger partial charge in [-0.2, -0.15) is 8.42 Å². The maximum Gasteiger partial charge on any atom is 0.273 e. The molecule has 0 bridgehead atoms. The monoisotopic (exact) mass is 192 g/mol. The summed E-state index contributed by atoms with van der Waals surface area (Å²) >= 11 is 0. The van der Waals surface area contributed by atoms with Crippen molar-refractivity contribution in [2.24, 2.45) is 0 Å². The van der Waals surface area contributed by atoms with Crippen molar-refractivity contribution in [3.05, 3.63) is 13.2 Å². The van der Waals surface area contributed by atoms with Gasteiger partial charge < -0.3 is 4.74 Å². The van der Waals surface area contributed by atoms with Crippen LogP contribution in [0.15, 0.2) is 0 Å². The third kappa shape index (κ3) is 9.87. The zero-order chi connectivity index (χ0) is 9.45. The van der Waals surface area contributed by atoms with Crippen LogP contribution in [-0.2, 0) is 19.0 Å². The first-order valence-corrected chi connectivity index (χ1v) is 4.98. The van der Waals surface area contributed by atoms with Gasteiger partial charge in [0.25, 0.3) is 10.1 Å². The summed E-state index contributed by atoms with van der Waals surface area (Å²) in [5, 5.41) is 0. The van der Waals surface area contributed by atoms with Crippen LogP contribution >= 0.6 is 0 Å². The van der Waals surface area contributed by atoms with Crippen molar-refractivity contribution >= 4 is 10.1 Å². The van der Waals surface area contributed by atoms with Gasteiger partial charge in [-0.05, 0) is 19.8 Å². The van der Waals surface area contributed by atoms with Crippen molar-refractivity contribution in [3.8, 4) is 0 Å². The molecule has 0 amide bonds. The van der Waals surface area contributed by atoms with E-state index in [4.69, 9.17) is 11.7 Å². The van der Waals surface area contributed by atoms with Crippen LogP contribution in [0.4, 0.5) is 0 Å². The van der Waals surface area contributed by atoms with Gasteiger partial charge in [-0.3, -0.25) is 4.18 Å². The zero-order valence-electron chi connectivity index (χ0n) is 6.73. The minimum atomic E-state index is -3.82. The Labute approximate surface area is 74.0 Å². The van der Waals surface area contributed by atoms with Crippen molar-refractivity contribution in [2.75, 3.05) is 19.8 Å². The van der Waals surface area contributed by atoms with Crippen LogP contribution in [0.1, 0.15) is 12.8 Å². The molecule has 70 valence electrons. The Morgan fingerprint density at radius 3 is 2.33 bits per heavy atom. The molecule has 0 aromatic heterocycles. The zero-order valence-corrected chi connectivity index (χ0v) is 7.55. The Bertz CT molecular complexity index is 186. The smallest absolute Gasteiger partial charge is 0.273 e. The summed E-state index contributed by atoms with van der Waals surface area (Å²) in [6.07, 6.45) is 5.85. The van der Waals surface area contributed by atoms with Gasteiger partial charge in [0.2, 0.25) is 0 Å². The van der Waals surface area contributed by atoms with Crippen LogP contribution in [-0.4, -0.2) is 28.2 Å². The Hall–Kier alpha value is -0.130. The summed E-state index contributed by atoms with van der Waals surface area (Å²) in [6, 6.07) is 0. The van der Waals surface area contributed by atoms with Crippen molar-refractivity contribution < 1.29 is 17.3 Å². The van der Waals surface area contributed by atoms with E-state index in [9.17, 15) is 8.42 Å². The number of unbranched alkanes of at least 4 members (excludes halogenated alkanes) is 1. The van der Waals surface area contributed by atoms with E-state index >= 15 is 0 Å². The Balaban J connectivity index is 3.12. The van der Waals surface area contributed by atoms with Crippen LogP contribution in [0.2, 0.25) is 0 Å². The molecule has 0 aliphatic heterocycles. The van der Waals surface area contributed by atoms with Crippen molar-refractivity contribution in [2.45, 2.75) is 12.8 Å². The number of hydrogen-bond acceptors (Lipinski definition) is 4. The molecule has 0 spiro atoms. The molecule has 0 N–H and O–H groups in total. The minimum Gasteiger partial charge on any atom is -0.379 e. The molecule has 0 saturated carbocycles. The Morgan fingerprint density at radius 1 is 1.17 bits per heavy atom. The molecule has 0 rings (SSSR count). The van der Waals surface area contributed by atoms with Crippen LogP contribution < -0.4 is 0 Å². The van der Waals surface area contributed by atoms with E-state index in [-0.39, 0.29) is 13.2 Å². The average molecular weight is 192 g/mol. The van der Waals surface area contributed by atoms with E-state index in [0.717, 1.165) is 6.42 Å². The second-order valence-electron chi connectivity index (χ2n) is 2.07. The third-order valence-electron chi connectivity index (χ3n) is 0.968. The molecule has 4 radical (unpaired) electrons. The van der Waals surface area contributed by atoms with Crippen LogP contribution in [0.5, 0.6) is 0 Å². The highest BCUT2D eigenvalue weighted by atomic mass is 32.2. The van der Waals surface area contributed by atoms with Crippen LogP contribution in [0.25, 0.3) is 0 Å².